The Bertz CT molecular complexity index is 1190. The Kier molecular flexibility index (Phi) is 8.66. The Morgan fingerprint density at radius 3 is 2.18 bits per heavy atom. The van der Waals surface area contributed by atoms with E-state index in [1.165, 1.54) is 19.2 Å². The molecule has 2 aliphatic heterocycles. The van der Waals surface area contributed by atoms with Crippen molar-refractivity contribution in [2.75, 3.05) is 38.2 Å². The summed E-state index contributed by atoms with van der Waals surface area (Å²) < 4.78 is 47.2. The number of benzene rings is 2. The molecule has 2 fully saturated rings. The van der Waals surface area contributed by atoms with Gasteiger partial charge in [-0.2, -0.15) is 13.2 Å². The molecular weight excluding hydrogens is 535 g/mol. The second kappa shape index (κ2) is 11.6. The van der Waals surface area contributed by atoms with E-state index >= 15 is 0 Å². The van der Waals surface area contributed by atoms with E-state index in [4.69, 9.17) is 22.1 Å². The number of carbonyl (C=O) groups is 2. The van der Waals surface area contributed by atoms with Gasteiger partial charge in [0.15, 0.2) is 0 Å². The van der Waals surface area contributed by atoms with E-state index in [0.29, 0.717) is 29.7 Å². The molecule has 212 valence electrons. The lowest BCUT2D eigenvalue weighted by atomic mass is 9.82. The summed E-state index contributed by atoms with van der Waals surface area (Å²) in [5.74, 6) is -1.03. The monoisotopic (exact) mass is 567 g/mol. The van der Waals surface area contributed by atoms with Gasteiger partial charge in [0, 0.05) is 37.4 Å². The third kappa shape index (κ3) is 6.11. The molecule has 1 atom stereocenters. The molecule has 2 aromatic rings. The first kappa shape index (κ1) is 29.0. The number of piperidine rings is 2. The van der Waals surface area contributed by atoms with Gasteiger partial charge >= 0.3 is 6.18 Å². The summed E-state index contributed by atoms with van der Waals surface area (Å²) in [7, 11) is 1.31. The number of rotatable bonds is 7. The largest absolute Gasteiger partial charge is 0.497 e. The molecule has 11 heteroatoms. The van der Waals surface area contributed by atoms with E-state index in [1.807, 2.05) is 6.07 Å². The minimum absolute atomic E-state index is 0.124. The summed E-state index contributed by atoms with van der Waals surface area (Å²) in [5, 5.41) is 11.1. The molecule has 0 saturated carbocycles. The maximum Gasteiger partial charge on any atom is 0.430 e. The van der Waals surface area contributed by atoms with Crippen LogP contribution in [0.15, 0.2) is 42.5 Å². The molecule has 1 unspecified atom stereocenters. The highest BCUT2D eigenvalue weighted by Gasteiger charge is 2.62. The number of halogens is 4. The molecule has 2 aromatic carbocycles. The molecule has 3 N–H and O–H groups in total. The van der Waals surface area contributed by atoms with Crippen molar-refractivity contribution >= 4 is 29.1 Å². The highest BCUT2D eigenvalue weighted by Crippen LogP contribution is 2.42. The number of anilines is 1. The zero-order valence-corrected chi connectivity index (χ0v) is 22.5. The number of aliphatic hydroxyl groups is 1. The molecule has 0 aliphatic carbocycles. The molecule has 2 heterocycles. The first-order valence-electron chi connectivity index (χ1n) is 13.0. The molecule has 0 spiro atoms. The molecule has 0 aromatic heterocycles. The van der Waals surface area contributed by atoms with Crippen molar-refractivity contribution in [3.8, 4) is 5.75 Å². The van der Waals surface area contributed by atoms with E-state index in [-0.39, 0.29) is 24.4 Å². The fraction of sp³-hybridized carbons (Fsp3) is 0.500. The Morgan fingerprint density at radius 2 is 1.64 bits per heavy atom. The summed E-state index contributed by atoms with van der Waals surface area (Å²) in [5.41, 5.74) is 2.35. The van der Waals surface area contributed by atoms with Gasteiger partial charge in [-0.15, -0.1) is 0 Å². The fourth-order valence-corrected chi connectivity index (χ4v) is 5.92. The lowest BCUT2D eigenvalue weighted by molar-refractivity contribution is -0.262. The number of ether oxygens (including phenoxy) is 1. The van der Waals surface area contributed by atoms with Gasteiger partial charge in [-0.05, 0) is 74.3 Å². The minimum Gasteiger partial charge on any atom is -0.497 e. The topological polar surface area (TPSA) is 96.1 Å². The van der Waals surface area contributed by atoms with Gasteiger partial charge in [0.1, 0.15) is 5.75 Å². The van der Waals surface area contributed by atoms with E-state index in [2.05, 4.69) is 4.90 Å². The summed E-state index contributed by atoms with van der Waals surface area (Å²) in [6.45, 7) is 1.98. The molecule has 4 rings (SSSR count). The zero-order valence-electron chi connectivity index (χ0n) is 21.7. The highest BCUT2D eigenvalue weighted by atomic mass is 35.5. The van der Waals surface area contributed by atoms with Crippen molar-refractivity contribution in [1.29, 1.82) is 0 Å². The van der Waals surface area contributed by atoms with Gasteiger partial charge in [0.05, 0.1) is 17.7 Å². The summed E-state index contributed by atoms with van der Waals surface area (Å²) in [4.78, 5) is 27.9. The number of hydrogen-bond acceptors (Lipinski definition) is 5. The van der Waals surface area contributed by atoms with Crippen LogP contribution in [0.2, 0.25) is 5.02 Å². The van der Waals surface area contributed by atoms with Gasteiger partial charge in [-0.1, -0.05) is 23.7 Å². The summed E-state index contributed by atoms with van der Waals surface area (Å²) >= 11 is 6.20. The molecule has 0 bridgehead atoms. The van der Waals surface area contributed by atoms with Gasteiger partial charge in [0.25, 0.3) is 11.5 Å². The lowest BCUT2D eigenvalue weighted by Gasteiger charge is -2.40. The smallest absolute Gasteiger partial charge is 0.430 e. The third-order valence-electron chi connectivity index (χ3n) is 7.97. The summed E-state index contributed by atoms with van der Waals surface area (Å²) in [6.07, 6.45) is -1.16. The average molecular weight is 568 g/mol. The number of methoxy groups -OCH3 is 1. The molecular formula is C28H33ClF3N3O4. The van der Waals surface area contributed by atoms with Gasteiger partial charge in [-0.25, -0.2) is 0 Å². The van der Waals surface area contributed by atoms with Crippen molar-refractivity contribution in [1.82, 2.24) is 4.90 Å². The standard InChI is InChI=1S/C28H33ClF3N3O4/c1-39-22-4-2-3-20(16-22)27(38,28(30,31)32)26(37)35-13-9-19(10-14-35)15-18-7-11-34(12-8-18)21-5-6-23(25(33)36)24(29)17-21/h2-6,16-19,38H,7-15H2,1H3,(H2,33,36). The second-order valence-corrected chi connectivity index (χ2v) is 10.8. The van der Waals surface area contributed by atoms with Gasteiger partial charge < -0.3 is 25.4 Å². The van der Waals surface area contributed by atoms with Crippen LogP contribution in [0, 0.1) is 11.8 Å². The maximum absolute atomic E-state index is 14.1. The van der Waals surface area contributed by atoms with Crippen molar-refractivity contribution < 1.29 is 32.6 Å². The van der Waals surface area contributed by atoms with E-state index in [9.17, 15) is 27.9 Å². The molecule has 39 heavy (non-hydrogen) atoms. The first-order chi connectivity index (χ1) is 18.4. The first-order valence-corrected chi connectivity index (χ1v) is 13.4. The van der Waals surface area contributed by atoms with Crippen LogP contribution in [-0.2, 0) is 10.4 Å². The van der Waals surface area contributed by atoms with Crippen molar-refractivity contribution in [2.24, 2.45) is 17.6 Å². The number of amides is 2. The number of hydrogen-bond donors (Lipinski definition) is 2. The van der Waals surface area contributed by atoms with Crippen LogP contribution >= 0.6 is 11.6 Å². The number of nitrogens with two attached hydrogens (primary N) is 1. The number of alkyl halides is 3. The molecule has 7 nitrogen and oxygen atoms in total. The number of likely N-dealkylation sites (tertiary alicyclic amines) is 1. The van der Waals surface area contributed by atoms with E-state index in [0.717, 1.165) is 55.1 Å². The van der Waals surface area contributed by atoms with Crippen LogP contribution in [0.4, 0.5) is 18.9 Å². The van der Waals surface area contributed by atoms with Crippen LogP contribution in [0.3, 0.4) is 0 Å². The minimum atomic E-state index is -5.19. The molecule has 2 saturated heterocycles. The second-order valence-electron chi connectivity index (χ2n) is 10.4. The fourth-order valence-electron chi connectivity index (χ4n) is 5.66. The average Bonchev–Trinajstić information content (AvgIpc) is 2.92. The number of nitrogens with zero attached hydrogens (tertiary/aromatic N) is 2. The van der Waals surface area contributed by atoms with Crippen LogP contribution in [0.1, 0.15) is 48.0 Å². The SMILES string of the molecule is COc1cccc(C(O)(C(=O)N2CCC(CC3CCN(c4ccc(C(N)=O)c(Cl)c4)CC3)CC2)C(F)(F)F)c1. The Morgan fingerprint density at radius 1 is 1.03 bits per heavy atom. The van der Waals surface area contributed by atoms with E-state index in [1.54, 1.807) is 12.1 Å². The maximum atomic E-state index is 14.1. The van der Waals surface area contributed by atoms with Crippen LogP contribution in [0.25, 0.3) is 0 Å². The molecule has 2 aliphatic rings. The lowest BCUT2D eigenvalue weighted by Crippen LogP contribution is -2.57. The zero-order chi connectivity index (χ0) is 28.4. The Labute approximate surface area is 230 Å². The van der Waals surface area contributed by atoms with Crippen molar-refractivity contribution in [3.05, 3.63) is 58.6 Å². The van der Waals surface area contributed by atoms with Crippen LogP contribution in [0.5, 0.6) is 5.75 Å². The predicted molar refractivity (Wildman–Crippen MR) is 142 cm³/mol. The number of primary amides is 1. The van der Waals surface area contributed by atoms with Crippen LogP contribution in [-0.4, -0.2) is 61.3 Å². The molecule has 2 amide bonds. The van der Waals surface area contributed by atoms with Crippen molar-refractivity contribution in [3.63, 3.8) is 0 Å². The normalized spacial score (nSPS) is 19.0. The molecule has 0 radical (unpaired) electrons. The van der Waals surface area contributed by atoms with Crippen LogP contribution < -0.4 is 15.4 Å². The Balaban J connectivity index is 1.32. The van der Waals surface area contributed by atoms with Gasteiger partial charge in [-0.3, -0.25) is 9.59 Å². The van der Waals surface area contributed by atoms with E-state index < -0.39 is 29.2 Å². The van der Waals surface area contributed by atoms with Gasteiger partial charge in [0.2, 0.25) is 5.91 Å². The predicted octanol–water partition coefficient (Wildman–Crippen LogP) is 4.74. The highest BCUT2D eigenvalue weighted by molar-refractivity contribution is 6.34. The third-order valence-corrected chi connectivity index (χ3v) is 8.29. The Hall–Kier alpha value is -2.98. The quantitative estimate of drug-likeness (QED) is 0.504. The van der Waals surface area contributed by atoms with Crippen molar-refractivity contribution in [2.45, 2.75) is 43.9 Å². The number of carbonyl (C=O) groups excluding carboxylic acids is 2. The summed E-state index contributed by atoms with van der Waals surface area (Å²) in [6, 6.07) is 10.1.